The molecule has 4 rings (SSSR count). The maximum absolute atomic E-state index is 5.91. The molecule has 110 valence electrons. The highest BCUT2D eigenvalue weighted by Crippen LogP contribution is 2.19. The molecule has 0 radical (unpaired) electrons. The molecule has 0 aliphatic rings. The van der Waals surface area contributed by atoms with Gasteiger partial charge in [-0.15, -0.1) is 0 Å². The lowest BCUT2D eigenvalue weighted by molar-refractivity contribution is 1.05. The van der Waals surface area contributed by atoms with Crippen molar-refractivity contribution in [3.63, 3.8) is 0 Å². The second-order valence-electron chi connectivity index (χ2n) is 5.00. The second-order valence-corrected chi connectivity index (χ2v) is 5.34. The molecule has 0 aliphatic heterocycles. The van der Waals surface area contributed by atoms with Crippen LogP contribution < -0.4 is 5.32 Å². The van der Waals surface area contributed by atoms with Crippen LogP contribution in [-0.4, -0.2) is 29.3 Å². The van der Waals surface area contributed by atoms with Crippen molar-refractivity contribution >= 4 is 34.2 Å². The van der Waals surface area contributed by atoms with Gasteiger partial charge in [-0.25, -0.2) is 9.97 Å². The maximum atomic E-state index is 5.91. The number of nitrogens with one attached hydrogen (secondary N) is 2. The first-order valence-electron chi connectivity index (χ1n) is 6.74. The summed E-state index contributed by atoms with van der Waals surface area (Å²) in [6.07, 6.45) is 5.59. The average molecular weight is 314 g/mol. The van der Waals surface area contributed by atoms with Gasteiger partial charge in [0.2, 0.25) is 5.28 Å². The largest absolute Gasteiger partial charge is 0.362 e. The molecule has 0 amide bonds. The normalized spacial score (nSPS) is 11.4. The summed E-state index contributed by atoms with van der Waals surface area (Å²) in [7, 11) is 0. The highest BCUT2D eigenvalue weighted by Gasteiger charge is 2.09. The van der Waals surface area contributed by atoms with Gasteiger partial charge in [-0.05, 0) is 30.2 Å². The van der Waals surface area contributed by atoms with Crippen molar-refractivity contribution in [3.8, 4) is 0 Å². The van der Waals surface area contributed by atoms with Gasteiger partial charge in [0, 0.05) is 12.4 Å². The monoisotopic (exact) mass is 313 g/mol. The van der Waals surface area contributed by atoms with E-state index in [-0.39, 0.29) is 5.28 Å². The zero-order chi connectivity index (χ0) is 15.1. The van der Waals surface area contributed by atoms with Crippen LogP contribution in [0.4, 0.5) is 5.82 Å². The lowest BCUT2D eigenvalue weighted by atomic mass is 10.3. The van der Waals surface area contributed by atoms with Gasteiger partial charge in [-0.1, -0.05) is 6.07 Å². The van der Waals surface area contributed by atoms with Crippen LogP contribution in [0.25, 0.3) is 16.8 Å². The van der Waals surface area contributed by atoms with Gasteiger partial charge < -0.3 is 14.7 Å². The van der Waals surface area contributed by atoms with E-state index in [1.54, 1.807) is 6.33 Å². The van der Waals surface area contributed by atoms with Crippen molar-refractivity contribution in [2.24, 2.45) is 0 Å². The number of hydrogen-bond acceptors (Lipinski definition) is 5. The maximum Gasteiger partial charge on any atom is 0.226 e. The van der Waals surface area contributed by atoms with Crippen LogP contribution in [0.15, 0.2) is 30.9 Å². The van der Waals surface area contributed by atoms with Crippen LogP contribution in [0.1, 0.15) is 11.3 Å². The number of aromatic nitrogens is 6. The Labute approximate surface area is 130 Å². The van der Waals surface area contributed by atoms with Gasteiger partial charge >= 0.3 is 0 Å². The molecular formula is C14H12ClN7. The number of anilines is 1. The van der Waals surface area contributed by atoms with Crippen LogP contribution in [-0.2, 0) is 6.54 Å². The smallest absolute Gasteiger partial charge is 0.226 e. The van der Waals surface area contributed by atoms with Crippen molar-refractivity contribution in [2.75, 3.05) is 5.32 Å². The number of aromatic amines is 1. The summed E-state index contributed by atoms with van der Waals surface area (Å²) >= 11 is 5.91. The minimum absolute atomic E-state index is 0.160. The molecule has 4 aromatic heterocycles. The minimum Gasteiger partial charge on any atom is -0.362 e. The van der Waals surface area contributed by atoms with Crippen molar-refractivity contribution in [3.05, 3.63) is 47.4 Å². The number of pyridine rings is 1. The Morgan fingerprint density at radius 1 is 1.23 bits per heavy atom. The lowest BCUT2D eigenvalue weighted by Crippen LogP contribution is -2.03. The van der Waals surface area contributed by atoms with E-state index in [9.17, 15) is 0 Å². The highest BCUT2D eigenvalue weighted by molar-refractivity contribution is 6.28. The van der Waals surface area contributed by atoms with E-state index < -0.39 is 0 Å². The summed E-state index contributed by atoms with van der Waals surface area (Å²) in [5.41, 5.74) is 4.27. The molecule has 0 aliphatic carbocycles. The highest BCUT2D eigenvalue weighted by atomic mass is 35.5. The Hall–Kier alpha value is -2.67. The summed E-state index contributed by atoms with van der Waals surface area (Å²) < 4.78 is 2.01. The zero-order valence-electron chi connectivity index (χ0n) is 11.7. The molecule has 0 saturated carbocycles. The van der Waals surface area contributed by atoms with Gasteiger partial charge in [0.05, 0.1) is 18.6 Å². The molecule has 0 saturated heterocycles. The van der Waals surface area contributed by atoms with E-state index >= 15 is 0 Å². The van der Waals surface area contributed by atoms with Gasteiger partial charge in [-0.3, -0.25) is 0 Å². The molecule has 0 spiro atoms. The first kappa shape index (κ1) is 13.0. The molecule has 0 aromatic carbocycles. The van der Waals surface area contributed by atoms with Gasteiger partial charge in [0.15, 0.2) is 11.5 Å². The van der Waals surface area contributed by atoms with E-state index in [1.807, 2.05) is 28.9 Å². The second kappa shape index (κ2) is 4.96. The van der Waals surface area contributed by atoms with Gasteiger partial charge in [0.1, 0.15) is 11.2 Å². The fourth-order valence-corrected chi connectivity index (χ4v) is 2.51. The molecule has 0 atom stereocenters. The van der Waals surface area contributed by atoms with Crippen molar-refractivity contribution in [2.45, 2.75) is 13.5 Å². The van der Waals surface area contributed by atoms with E-state index in [0.29, 0.717) is 18.0 Å². The summed E-state index contributed by atoms with van der Waals surface area (Å²) in [6.45, 7) is 2.58. The molecular weight excluding hydrogens is 302 g/mol. The van der Waals surface area contributed by atoms with E-state index in [4.69, 9.17) is 11.6 Å². The molecule has 7 nitrogen and oxygen atoms in total. The predicted octanol–water partition coefficient (Wildman–Crippen LogP) is 2.57. The molecule has 0 bridgehead atoms. The van der Waals surface area contributed by atoms with E-state index in [0.717, 1.165) is 16.9 Å². The fourth-order valence-electron chi connectivity index (χ4n) is 2.35. The van der Waals surface area contributed by atoms with Crippen molar-refractivity contribution in [1.82, 2.24) is 29.3 Å². The molecule has 4 heterocycles. The number of fused-ring (bicyclic) bond motifs is 2. The van der Waals surface area contributed by atoms with Crippen LogP contribution in [0.5, 0.6) is 0 Å². The SMILES string of the molecule is Cc1ccc2nc(CNc3nc(Cl)nc4nc[nH]c34)cn2c1. The fraction of sp³-hybridized carbons (Fsp3) is 0.143. The third-order valence-corrected chi connectivity index (χ3v) is 3.51. The van der Waals surface area contributed by atoms with Crippen LogP contribution in [0.3, 0.4) is 0 Å². The Balaban J connectivity index is 1.63. The van der Waals surface area contributed by atoms with Crippen molar-refractivity contribution in [1.29, 1.82) is 0 Å². The number of aryl methyl sites for hydroxylation is 1. The molecule has 0 fully saturated rings. The quantitative estimate of drug-likeness (QED) is 0.568. The molecule has 22 heavy (non-hydrogen) atoms. The Bertz CT molecular complexity index is 972. The summed E-state index contributed by atoms with van der Waals surface area (Å²) in [5.74, 6) is 0.612. The van der Waals surface area contributed by atoms with Crippen LogP contribution in [0, 0.1) is 6.92 Å². The van der Waals surface area contributed by atoms with Crippen LogP contribution >= 0.6 is 11.6 Å². The summed E-state index contributed by atoms with van der Waals surface area (Å²) in [6, 6.07) is 4.03. The number of imidazole rings is 2. The zero-order valence-corrected chi connectivity index (χ0v) is 12.5. The standard InChI is InChI=1S/C14H12ClN7/c1-8-2-3-10-19-9(6-22(10)5-8)4-16-12-11-13(18-7-17-11)21-14(15)20-12/h2-3,5-7H,4H2,1H3,(H2,16,17,18,20,21). The number of H-pyrrole nitrogens is 1. The summed E-state index contributed by atoms with van der Waals surface area (Å²) in [4.78, 5) is 19.9. The number of hydrogen-bond donors (Lipinski definition) is 2. The Morgan fingerprint density at radius 3 is 3.05 bits per heavy atom. The van der Waals surface area contributed by atoms with Gasteiger partial charge in [-0.2, -0.15) is 9.97 Å². The number of nitrogens with zero attached hydrogens (tertiary/aromatic N) is 5. The number of halogens is 1. The van der Waals surface area contributed by atoms with Gasteiger partial charge in [0.25, 0.3) is 0 Å². The number of rotatable bonds is 3. The first-order chi connectivity index (χ1) is 10.7. The average Bonchev–Trinajstić information content (AvgIpc) is 3.10. The van der Waals surface area contributed by atoms with Crippen molar-refractivity contribution < 1.29 is 0 Å². The lowest BCUT2D eigenvalue weighted by Gasteiger charge is -2.04. The third kappa shape index (κ3) is 2.25. The molecule has 8 heteroatoms. The molecule has 2 N–H and O–H groups in total. The minimum atomic E-state index is 0.160. The third-order valence-electron chi connectivity index (χ3n) is 3.34. The van der Waals surface area contributed by atoms with E-state index in [1.165, 1.54) is 5.56 Å². The Kier molecular flexibility index (Phi) is 2.93. The van der Waals surface area contributed by atoms with Crippen LogP contribution in [0.2, 0.25) is 5.28 Å². The topological polar surface area (TPSA) is 83.8 Å². The first-order valence-corrected chi connectivity index (χ1v) is 7.11. The summed E-state index contributed by atoms with van der Waals surface area (Å²) in [5, 5.41) is 3.38. The molecule has 0 unspecified atom stereocenters. The van der Waals surface area contributed by atoms with E-state index in [2.05, 4.69) is 37.2 Å². The predicted molar refractivity (Wildman–Crippen MR) is 83.9 cm³/mol. The molecule has 4 aromatic rings. The Morgan fingerprint density at radius 2 is 2.14 bits per heavy atom.